The lowest BCUT2D eigenvalue weighted by molar-refractivity contribution is 0.102. The van der Waals surface area contributed by atoms with Gasteiger partial charge in [-0.3, -0.25) is 9.78 Å². The summed E-state index contributed by atoms with van der Waals surface area (Å²) in [7, 11) is 0. The van der Waals surface area contributed by atoms with E-state index in [2.05, 4.69) is 20.3 Å². The minimum Gasteiger partial charge on any atom is -0.439 e. The molecule has 1 N–H and O–H groups in total. The first-order valence-electron chi connectivity index (χ1n) is 8.80. The number of pyridine rings is 1. The number of hydrogen-bond donors (Lipinski definition) is 1. The normalized spacial score (nSPS) is 10.2. The second kappa shape index (κ2) is 8.62. The lowest BCUT2D eigenvalue weighted by Crippen LogP contribution is -2.12. The topological polar surface area (TPSA) is 86.2 Å². The quantitative estimate of drug-likeness (QED) is 0.518. The number of hydrogen-bond acceptors (Lipinski definition) is 6. The van der Waals surface area contributed by atoms with E-state index in [4.69, 9.17) is 9.47 Å². The number of nitrogens with one attached hydrogen (secondary N) is 1. The molecule has 4 rings (SSSR count). The van der Waals surface area contributed by atoms with E-state index >= 15 is 0 Å². The summed E-state index contributed by atoms with van der Waals surface area (Å²) in [5, 5.41) is 2.82. The third kappa shape index (κ3) is 4.92. The van der Waals surface area contributed by atoms with Crippen LogP contribution < -0.4 is 14.8 Å². The van der Waals surface area contributed by atoms with Gasteiger partial charge in [0.25, 0.3) is 5.91 Å². The third-order valence-corrected chi connectivity index (χ3v) is 3.82. The van der Waals surface area contributed by atoms with Crippen LogP contribution in [-0.4, -0.2) is 20.9 Å². The predicted molar refractivity (Wildman–Crippen MR) is 107 cm³/mol. The number of ether oxygens (including phenoxy) is 2. The molecule has 0 aliphatic rings. The molecule has 0 atom stereocenters. The highest BCUT2D eigenvalue weighted by Crippen LogP contribution is 2.23. The number of benzene rings is 2. The molecule has 0 saturated carbocycles. The standard InChI is InChI=1S/C22H16N4O3/c27-22(16-9-10-20(25-14-16)28-18-6-2-1-3-7-18)26-17-5-4-8-19(13-17)29-21-15-23-11-12-24-21/h1-15H,(H,26,27). The van der Waals surface area contributed by atoms with Crippen LogP contribution in [0.25, 0.3) is 0 Å². The fourth-order valence-electron chi connectivity index (χ4n) is 2.48. The molecular formula is C22H16N4O3. The van der Waals surface area contributed by atoms with E-state index in [1.54, 1.807) is 48.8 Å². The summed E-state index contributed by atoms with van der Waals surface area (Å²) >= 11 is 0. The maximum atomic E-state index is 12.5. The molecule has 1 amide bonds. The minimum atomic E-state index is -0.291. The van der Waals surface area contributed by atoms with Gasteiger partial charge in [-0.25, -0.2) is 9.97 Å². The van der Waals surface area contributed by atoms with Gasteiger partial charge in [0.2, 0.25) is 11.8 Å². The van der Waals surface area contributed by atoms with Gasteiger partial charge in [-0.05, 0) is 30.3 Å². The molecule has 7 heteroatoms. The predicted octanol–water partition coefficient (Wildman–Crippen LogP) is 4.71. The molecule has 2 heterocycles. The van der Waals surface area contributed by atoms with Crippen LogP contribution in [-0.2, 0) is 0 Å². The number of nitrogens with zero attached hydrogens (tertiary/aromatic N) is 3. The summed E-state index contributed by atoms with van der Waals surface area (Å²) in [6.45, 7) is 0. The second-order valence-corrected chi connectivity index (χ2v) is 5.93. The van der Waals surface area contributed by atoms with Crippen molar-refractivity contribution >= 4 is 11.6 Å². The molecule has 2 aromatic heterocycles. The van der Waals surface area contributed by atoms with Crippen molar-refractivity contribution in [3.63, 3.8) is 0 Å². The molecule has 0 fully saturated rings. The molecule has 7 nitrogen and oxygen atoms in total. The van der Waals surface area contributed by atoms with Crippen molar-refractivity contribution in [3.05, 3.63) is 97.1 Å². The highest BCUT2D eigenvalue weighted by atomic mass is 16.5. The van der Waals surface area contributed by atoms with Gasteiger partial charge in [0.1, 0.15) is 11.5 Å². The average molecular weight is 384 g/mol. The van der Waals surface area contributed by atoms with Crippen molar-refractivity contribution in [1.29, 1.82) is 0 Å². The van der Waals surface area contributed by atoms with Crippen LogP contribution in [0.4, 0.5) is 5.69 Å². The lowest BCUT2D eigenvalue weighted by Gasteiger charge is -2.09. The summed E-state index contributed by atoms with van der Waals surface area (Å²) in [5.74, 6) is 1.70. The Morgan fingerprint density at radius 2 is 1.59 bits per heavy atom. The Labute approximate surface area is 167 Å². The number of aromatic nitrogens is 3. The number of rotatable bonds is 6. The fourth-order valence-corrected chi connectivity index (χ4v) is 2.48. The SMILES string of the molecule is O=C(Nc1cccc(Oc2cnccn2)c1)c1ccc(Oc2ccccc2)nc1. The van der Waals surface area contributed by atoms with Gasteiger partial charge in [-0.2, -0.15) is 0 Å². The van der Waals surface area contributed by atoms with Gasteiger partial charge in [-0.1, -0.05) is 24.3 Å². The van der Waals surface area contributed by atoms with Gasteiger partial charge in [-0.15, -0.1) is 0 Å². The van der Waals surface area contributed by atoms with Crippen LogP contribution in [0.3, 0.4) is 0 Å². The van der Waals surface area contributed by atoms with E-state index in [9.17, 15) is 4.79 Å². The van der Waals surface area contributed by atoms with Crippen molar-refractivity contribution in [3.8, 4) is 23.3 Å². The maximum absolute atomic E-state index is 12.5. The van der Waals surface area contributed by atoms with Crippen molar-refractivity contribution in [2.75, 3.05) is 5.32 Å². The zero-order valence-corrected chi connectivity index (χ0v) is 15.2. The van der Waals surface area contributed by atoms with Crippen molar-refractivity contribution in [2.45, 2.75) is 0 Å². The molecule has 0 aliphatic heterocycles. The first kappa shape index (κ1) is 18.1. The Hall–Kier alpha value is -4.26. The fraction of sp³-hybridized carbons (Fsp3) is 0. The van der Waals surface area contributed by atoms with Crippen molar-refractivity contribution in [2.24, 2.45) is 0 Å². The largest absolute Gasteiger partial charge is 0.439 e. The molecule has 142 valence electrons. The highest BCUT2D eigenvalue weighted by Gasteiger charge is 2.09. The monoisotopic (exact) mass is 384 g/mol. The Morgan fingerprint density at radius 1 is 0.759 bits per heavy atom. The molecule has 4 aromatic rings. The van der Waals surface area contributed by atoms with Crippen LogP contribution >= 0.6 is 0 Å². The number of para-hydroxylation sites is 1. The molecule has 0 saturated heterocycles. The number of carbonyl (C=O) groups is 1. The second-order valence-electron chi connectivity index (χ2n) is 5.93. The Balaban J connectivity index is 1.40. The zero-order chi connectivity index (χ0) is 19.9. The Kier molecular flexibility index (Phi) is 5.39. The van der Waals surface area contributed by atoms with E-state index in [0.717, 1.165) is 0 Å². The third-order valence-electron chi connectivity index (χ3n) is 3.82. The zero-order valence-electron chi connectivity index (χ0n) is 15.2. The van der Waals surface area contributed by atoms with E-state index < -0.39 is 0 Å². The van der Waals surface area contributed by atoms with Crippen LogP contribution in [0, 0.1) is 0 Å². The molecule has 2 aromatic carbocycles. The molecule has 0 bridgehead atoms. The summed E-state index contributed by atoms with van der Waals surface area (Å²) in [5.41, 5.74) is 0.992. The van der Waals surface area contributed by atoms with Gasteiger partial charge in [0, 0.05) is 36.4 Å². The van der Waals surface area contributed by atoms with Crippen LogP contribution in [0.15, 0.2) is 91.5 Å². The van der Waals surface area contributed by atoms with Gasteiger partial charge < -0.3 is 14.8 Å². The van der Waals surface area contributed by atoms with E-state index in [1.165, 1.54) is 12.4 Å². The van der Waals surface area contributed by atoms with Crippen molar-refractivity contribution in [1.82, 2.24) is 15.0 Å². The number of carbonyl (C=O) groups excluding carboxylic acids is 1. The average Bonchev–Trinajstić information content (AvgIpc) is 2.76. The summed E-state index contributed by atoms with van der Waals surface area (Å²) in [6.07, 6.45) is 6.08. The van der Waals surface area contributed by atoms with Crippen LogP contribution in [0.2, 0.25) is 0 Å². The smallest absolute Gasteiger partial charge is 0.257 e. The van der Waals surface area contributed by atoms with E-state index in [-0.39, 0.29) is 5.91 Å². The summed E-state index contributed by atoms with van der Waals surface area (Å²) < 4.78 is 11.3. The van der Waals surface area contributed by atoms with E-state index in [0.29, 0.717) is 34.5 Å². The van der Waals surface area contributed by atoms with Crippen LogP contribution in [0.1, 0.15) is 10.4 Å². The molecule has 29 heavy (non-hydrogen) atoms. The first-order chi connectivity index (χ1) is 14.3. The maximum Gasteiger partial charge on any atom is 0.257 e. The van der Waals surface area contributed by atoms with Gasteiger partial charge in [0.05, 0.1) is 11.8 Å². The molecular weight excluding hydrogens is 368 g/mol. The Morgan fingerprint density at radius 3 is 2.34 bits per heavy atom. The van der Waals surface area contributed by atoms with Crippen LogP contribution in [0.5, 0.6) is 23.3 Å². The molecule has 0 radical (unpaired) electrons. The lowest BCUT2D eigenvalue weighted by atomic mass is 10.2. The first-order valence-corrected chi connectivity index (χ1v) is 8.80. The van der Waals surface area contributed by atoms with Gasteiger partial charge >= 0.3 is 0 Å². The molecule has 0 aliphatic carbocycles. The highest BCUT2D eigenvalue weighted by molar-refractivity contribution is 6.04. The van der Waals surface area contributed by atoms with Gasteiger partial charge in [0.15, 0.2) is 0 Å². The number of anilines is 1. The Bertz CT molecular complexity index is 1090. The molecule has 0 spiro atoms. The summed E-state index contributed by atoms with van der Waals surface area (Å²) in [4.78, 5) is 24.7. The minimum absolute atomic E-state index is 0.291. The van der Waals surface area contributed by atoms with Crippen molar-refractivity contribution < 1.29 is 14.3 Å². The van der Waals surface area contributed by atoms with E-state index in [1.807, 2.05) is 30.3 Å². The number of amides is 1. The molecule has 0 unspecified atom stereocenters. The summed E-state index contributed by atoms with van der Waals surface area (Å²) in [6, 6.07) is 19.6.